The maximum absolute atomic E-state index is 9.33. The summed E-state index contributed by atoms with van der Waals surface area (Å²) >= 11 is -4.02. The average Bonchev–Trinajstić information content (AvgIpc) is 2.74. The number of aryl methyl sites for hydroxylation is 2. The fourth-order valence-corrected chi connectivity index (χ4v) is 2.42. The van der Waals surface area contributed by atoms with E-state index in [1.807, 2.05) is 62.4 Å². The molecule has 2 aromatic carbocycles. The second-order valence-corrected chi connectivity index (χ2v) is 14.7. The van der Waals surface area contributed by atoms with Gasteiger partial charge in [0.2, 0.25) is 0 Å². The van der Waals surface area contributed by atoms with Crippen LogP contribution in [0.4, 0.5) is 0 Å². The van der Waals surface area contributed by atoms with Crippen LogP contribution in [-0.2, 0) is 14.5 Å². The molecule has 0 amide bonds. The standard InChI is InChI=1S/2C10H9N.2ClH.Mo.2NO/c2*1-8-6-7-9-4-2-3-5-10(9)11-8;;;;2*1-2/h2*2-7H,1H3;2*1H;;;/q;;;;+4;2*-1/p-2. The second kappa shape index (κ2) is 11.1. The summed E-state index contributed by atoms with van der Waals surface area (Å²) < 4.78 is 4.26. The molecule has 0 radical (unpaired) electrons. The van der Waals surface area contributed by atoms with Gasteiger partial charge in [0.1, 0.15) is 0 Å². The minimum atomic E-state index is -4.02. The van der Waals surface area contributed by atoms with Crippen molar-refractivity contribution in [2.45, 2.75) is 13.8 Å². The van der Waals surface area contributed by atoms with Gasteiger partial charge in [0.25, 0.3) is 0 Å². The molecule has 0 saturated heterocycles. The Labute approximate surface area is 179 Å². The molecule has 0 aliphatic heterocycles. The summed E-state index contributed by atoms with van der Waals surface area (Å²) in [5.74, 6) is 0. The van der Waals surface area contributed by atoms with Crippen molar-refractivity contribution in [1.82, 2.24) is 9.97 Å². The number of nitrogens with zero attached hydrogens (tertiary/aromatic N) is 4. The summed E-state index contributed by atoms with van der Waals surface area (Å²) in [6.45, 7) is 4.01. The number of hydrogen-bond acceptors (Lipinski definition) is 6. The van der Waals surface area contributed by atoms with Gasteiger partial charge in [-0.2, -0.15) is 0 Å². The van der Waals surface area contributed by atoms with Gasteiger partial charge in [-0.25, -0.2) is 0 Å². The minimum absolute atomic E-state index is 1.07. The van der Waals surface area contributed by atoms with Crippen LogP contribution in [0, 0.1) is 23.7 Å². The molecular weight excluding hydrogens is 495 g/mol. The Morgan fingerprint density at radius 3 is 1.38 bits per heavy atom. The molecule has 0 spiro atoms. The molecule has 0 saturated carbocycles. The van der Waals surface area contributed by atoms with E-state index in [4.69, 9.17) is 18.8 Å². The van der Waals surface area contributed by atoms with E-state index in [0.29, 0.717) is 0 Å². The van der Waals surface area contributed by atoms with Gasteiger partial charge in [0, 0.05) is 22.2 Å². The first-order valence-corrected chi connectivity index (χ1v) is 15.4. The van der Waals surface area contributed by atoms with E-state index in [0.717, 1.165) is 22.4 Å². The monoisotopic (exact) mass is 514 g/mol. The third-order valence-electron chi connectivity index (χ3n) is 3.65. The quantitative estimate of drug-likeness (QED) is 0.216. The van der Waals surface area contributed by atoms with Gasteiger partial charge in [-0.1, -0.05) is 48.5 Å². The van der Waals surface area contributed by atoms with Crippen LogP contribution in [0.5, 0.6) is 0 Å². The van der Waals surface area contributed by atoms with Gasteiger partial charge in [0.15, 0.2) is 0 Å². The van der Waals surface area contributed by atoms with Gasteiger partial charge < -0.3 is 0 Å². The Balaban J connectivity index is 0.000000161. The van der Waals surface area contributed by atoms with Crippen molar-refractivity contribution in [3.8, 4) is 0 Å². The second-order valence-electron chi connectivity index (χ2n) is 5.86. The van der Waals surface area contributed by atoms with Crippen LogP contribution in [0.2, 0.25) is 0 Å². The first kappa shape index (κ1) is 23.0. The van der Waals surface area contributed by atoms with Crippen LogP contribution >= 0.6 is 18.8 Å². The van der Waals surface area contributed by atoms with Crippen molar-refractivity contribution < 1.29 is 14.5 Å². The van der Waals surface area contributed by atoms with E-state index in [1.165, 1.54) is 10.8 Å². The Kier molecular flexibility index (Phi) is 8.77. The molecule has 4 rings (SSSR count). The summed E-state index contributed by atoms with van der Waals surface area (Å²) in [6, 6.07) is 24.5. The number of aromatic nitrogens is 2. The van der Waals surface area contributed by atoms with Gasteiger partial charge in [-0.05, 0) is 38.1 Å². The van der Waals surface area contributed by atoms with E-state index < -0.39 is 14.5 Å². The molecule has 4 aromatic rings. The molecule has 0 N–H and O–H groups in total. The molecule has 0 fully saturated rings. The molecule has 150 valence electrons. The van der Waals surface area contributed by atoms with Crippen LogP contribution in [0.1, 0.15) is 11.4 Å². The predicted molar refractivity (Wildman–Crippen MR) is 116 cm³/mol. The van der Waals surface area contributed by atoms with Crippen LogP contribution < -0.4 is 0 Å². The molecule has 0 bridgehead atoms. The molecule has 0 aliphatic carbocycles. The van der Waals surface area contributed by atoms with Crippen LogP contribution in [0.25, 0.3) is 21.8 Å². The number of benzene rings is 2. The molecule has 9 heteroatoms. The van der Waals surface area contributed by atoms with E-state index in [9.17, 15) is 9.81 Å². The summed E-state index contributed by atoms with van der Waals surface area (Å²) in [5, 5.41) is 2.41. The van der Waals surface area contributed by atoms with Crippen molar-refractivity contribution in [3.05, 3.63) is 94.0 Å². The molecule has 29 heavy (non-hydrogen) atoms. The molecule has 2 heterocycles. The zero-order valence-corrected chi connectivity index (χ0v) is 19.2. The number of nitroso groups, excluding NO2 is 2. The predicted octanol–water partition coefficient (Wildman–Crippen LogP) is 6.90. The third-order valence-corrected chi connectivity index (χ3v) is 5.87. The van der Waals surface area contributed by atoms with Crippen LogP contribution in [0.15, 0.2) is 80.3 Å². The van der Waals surface area contributed by atoms with E-state index in [1.54, 1.807) is 0 Å². The fourth-order valence-electron chi connectivity index (χ4n) is 2.35. The zero-order valence-electron chi connectivity index (χ0n) is 15.7. The number of para-hydroxylation sites is 2. The molecule has 0 unspecified atom stereocenters. The normalized spacial score (nSPS) is 10.9. The van der Waals surface area contributed by atoms with Gasteiger partial charge in [0.05, 0.1) is 11.0 Å². The Bertz CT molecular complexity index is 1040. The van der Waals surface area contributed by atoms with Crippen molar-refractivity contribution >= 4 is 40.6 Å². The number of pyridine rings is 2. The van der Waals surface area contributed by atoms with Gasteiger partial charge >= 0.3 is 50.6 Å². The summed E-state index contributed by atoms with van der Waals surface area (Å²) in [6.07, 6.45) is 0. The van der Waals surface area contributed by atoms with E-state index >= 15 is 0 Å². The molecule has 0 atom stereocenters. The van der Waals surface area contributed by atoms with Gasteiger partial charge in [-0.3, -0.25) is 9.97 Å². The van der Waals surface area contributed by atoms with Crippen molar-refractivity contribution in [3.63, 3.8) is 0 Å². The molecule has 2 aromatic heterocycles. The van der Waals surface area contributed by atoms with Crippen molar-refractivity contribution in [2.75, 3.05) is 0 Å². The SMILES string of the molecule is Cc1ccc2ccccc2n1.Cc1ccc2ccccc2n1.O=[N][Mo]([Cl])([Cl])[N]=O. The average molecular weight is 513 g/mol. The van der Waals surface area contributed by atoms with E-state index in [-0.39, 0.29) is 0 Å². The first-order chi connectivity index (χ1) is 13.8. The van der Waals surface area contributed by atoms with E-state index in [2.05, 4.69) is 41.7 Å². The van der Waals surface area contributed by atoms with Gasteiger partial charge in [-0.15, -0.1) is 0 Å². The summed E-state index contributed by atoms with van der Waals surface area (Å²) in [5.41, 5.74) is 4.30. The summed E-state index contributed by atoms with van der Waals surface area (Å²) in [4.78, 5) is 27.4. The van der Waals surface area contributed by atoms with Crippen molar-refractivity contribution in [1.29, 1.82) is 0 Å². The maximum atomic E-state index is 9.33. The number of rotatable bonds is 2. The number of halogens is 2. The van der Waals surface area contributed by atoms with Crippen LogP contribution in [0.3, 0.4) is 0 Å². The molecular formula is C20H18Cl2MoN4O2. The molecule has 6 nitrogen and oxygen atoms in total. The van der Waals surface area contributed by atoms with Crippen molar-refractivity contribution in [2.24, 2.45) is 7.47 Å². The Morgan fingerprint density at radius 2 is 1.03 bits per heavy atom. The third kappa shape index (κ3) is 7.58. The Hall–Kier alpha value is -2.27. The first-order valence-electron chi connectivity index (χ1n) is 8.41. The topological polar surface area (TPSA) is 84.6 Å². The number of fused-ring (bicyclic) bond motifs is 2. The fraction of sp³-hybridized carbons (Fsp3) is 0.100. The number of hydrogen-bond donors (Lipinski definition) is 0. The van der Waals surface area contributed by atoms with Crippen LogP contribution in [-0.4, -0.2) is 9.97 Å². The zero-order chi connectivity index (χ0) is 21.3. The molecule has 0 aliphatic rings. The Morgan fingerprint density at radius 1 is 0.655 bits per heavy atom. The summed E-state index contributed by atoms with van der Waals surface area (Å²) in [7, 11) is 9.80.